The molecule has 0 spiro atoms. The first-order chi connectivity index (χ1) is 10.3. The van der Waals surface area contributed by atoms with Crippen molar-refractivity contribution in [2.75, 3.05) is 0 Å². The molecular formula is C19H16O2. The highest BCUT2D eigenvalue weighted by Gasteiger charge is 2.54. The van der Waals surface area contributed by atoms with E-state index in [1.807, 2.05) is 36.4 Å². The predicted molar refractivity (Wildman–Crippen MR) is 81.4 cm³/mol. The number of fused-ring (bicyclic) bond motifs is 1. The van der Waals surface area contributed by atoms with Gasteiger partial charge in [-0.1, -0.05) is 66.7 Å². The van der Waals surface area contributed by atoms with Crippen LogP contribution in [0, 0.1) is 11.8 Å². The Hall–Kier alpha value is -2.35. The van der Waals surface area contributed by atoms with Gasteiger partial charge in [0, 0.05) is 5.92 Å². The van der Waals surface area contributed by atoms with Crippen molar-refractivity contribution in [1.29, 1.82) is 0 Å². The van der Waals surface area contributed by atoms with Crippen LogP contribution in [0.25, 0.3) is 5.57 Å². The number of ether oxygens (including phenoxy) is 1. The summed E-state index contributed by atoms with van der Waals surface area (Å²) >= 11 is 0. The Labute approximate surface area is 124 Å². The average molecular weight is 276 g/mol. The number of benzene rings is 2. The molecule has 0 aromatic heterocycles. The second-order valence-corrected chi connectivity index (χ2v) is 5.71. The predicted octanol–water partition coefficient (Wildman–Crippen LogP) is 3.68. The molecule has 3 atom stereocenters. The minimum absolute atomic E-state index is 0.0262. The fraction of sp³-hybridized carbons (Fsp3) is 0.211. The summed E-state index contributed by atoms with van der Waals surface area (Å²) in [7, 11) is 0. The van der Waals surface area contributed by atoms with Crippen LogP contribution in [0.15, 0.2) is 66.7 Å². The zero-order valence-electron chi connectivity index (χ0n) is 11.6. The Bertz CT molecular complexity index is 647. The van der Waals surface area contributed by atoms with E-state index in [1.165, 1.54) is 16.7 Å². The van der Waals surface area contributed by atoms with Crippen molar-refractivity contribution in [2.24, 2.45) is 11.8 Å². The summed E-state index contributed by atoms with van der Waals surface area (Å²) < 4.78 is 5.34. The topological polar surface area (TPSA) is 26.3 Å². The van der Waals surface area contributed by atoms with Gasteiger partial charge in [-0.25, -0.2) is 0 Å². The highest BCUT2D eigenvalue weighted by Crippen LogP contribution is 2.47. The molecule has 21 heavy (non-hydrogen) atoms. The van der Waals surface area contributed by atoms with E-state index in [0.717, 1.165) is 6.42 Å². The molecule has 2 aliphatic heterocycles. The fourth-order valence-electron chi connectivity index (χ4n) is 3.25. The molecule has 0 N–H and O–H groups in total. The van der Waals surface area contributed by atoms with Gasteiger partial charge in [0.25, 0.3) is 0 Å². The molecule has 2 aromatic rings. The first kappa shape index (κ1) is 12.4. The van der Waals surface area contributed by atoms with Crippen molar-refractivity contribution in [3.63, 3.8) is 0 Å². The van der Waals surface area contributed by atoms with Crippen LogP contribution >= 0.6 is 0 Å². The van der Waals surface area contributed by atoms with E-state index in [-0.39, 0.29) is 23.9 Å². The molecule has 3 unspecified atom stereocenters. The van der Waals surface area contributed by atoms with E-state index in [4.69, 9.17) is 4.74 Å². The number of rotatable bonds is 3. The molecule has 2 bridgehead atoms. The molecule has 0 radical (unpaired) electrons. The van der Waals surface area contributed by atoms with Crippen LogP contribution in [0.4, 0.5) is 0 Å². The maximum Gasteiger partial charge on any atom is 0.310 e. The Kier molecular flexibility index (Phi) is 2.88. The molecule has 5 rings (SSSR count). The third-order valence-electron chi connectivity index (χ3n) is 4.48. The van der Waals surface area contributed by atoms with Gasteiger partial charge in [0.2, 0.25) is 0 Å². The summed E-state index contributed by atoms with van der Waals surface area (Å²) in [5.74, 6) is 0.270. The van der Waals surface area contributed by atoms with Gasteiger partial charge in [0.05, 0.1) is 5.92 Å². The number of hydrogen-bond acceptors (Lipinski definition) is 2. The SMILES string of the molecule is O=C1OC2CC1C2C=C(c1ccccc1)c1ccccc1. The van der Waals surface area contributed by atoms with Crippen molar-refractivity contribution in [3.05, 3.63) is 77.9 Å². The molecule has 1 aliphatic carbocycles. The molecule has 2 nitrogen and oxygen atoms in total. The van der Waals surface area contributed by atoms with E-state index < -0.39 is 0 Å². The lowest BCUT2D eigenvalue weighted by Crippen LogP contribution is -2.32. The highest BCUT2D eigenvalue weighted by atomic mass is 16.6. The van der Waals surface area contributed by atoms with Crippen LogP contribution < -0.4 is 0 Å². The third kappa shape index (κ3) is 2.07. The molecule has 3 fully saturated rings. The maximum atomic E-state index is 11.6. The Balaban J connectivity index is 1.76. The molecule has 2 heterocycles. The summed E-state index contributed by atoms with van der Waals surface area (Å²) in [5, 5.41) is 0. The number of esters is 1. The van der Waals surface area contributed by atoms with Crippen LogP contribution in [0.1, 0.15) is 17.5 Å². The van der Waals surface area contributed by atoms with Gasteiger partial charge in [0.15, 0.2) is 0 Å². The largest absolute Gasteiger partial charge is 0.461 e. The van der Waals surface area contributed by atoms with E-state index in [1.54, 1.807) is 0 Å². The van der Waals surface area contributed by atoms with Crippen LogP contribution in [0.3, 0.4) is 0 Å². The summed E-state index contributed by atoms with van der Waals surface area (Å²) in [5.41, 5.74) is 3.55. The fourth-order valence-corrected chi connectivity index (χ4v) is 3.25. The molecule has 1 saturated carbocycles. The van der Waals surface area contributed by atoms with Gasteiger partial charge in [-0.2, -0.15) is 0 Å². The summed E-state index contributed by atoms with van der Waals surface area (Å²) in [4.78, 5) is 11.6. The average Bonchev–Trinajstić information content (AvgIpc) is 3.05. The zero-order valence-corrected chi connectivity index (χ0v) is 11.6. The second-order valence-electron chi connectivity index (χ2n) is 5.71. The Morgan fingerprint density at radius 2 is 1.52 bits per heavy atom. The quantitative estimate of drug-likeness (QED) is 0.799. The van der Waals surface area contributed by atoms with Gasteiger partial charge in [0.1, 0.15) is 6.10 Å². The van der Waals surface area contributed by atoms with Gasteiger partial charge < -0.3 is 4.74 Å². The summed E-state index contributed by atoms with van der Waals surface area (Å²) in [6.45, 7) is 0. The van der Waals surface area contributed by atoms with Crippen molar-refractivity contribution in [3.8, 4) is 0 Å². The molecule has 2 saturated heterocycles. The zero-order chi connectivity index (χ0) is 14.2. The van der Waals surface area contributed by atoms with E-state index in [0.29, 0.717) is 0 Å². The minimum Gasteiger partial charge on any atom is -0.461 e. The van der Waals surface area contributed by atoms with Gasteiger partial charge in [-0.05, 0) is 23.1 Å². The van der Waals surface area contributed by atoms with E-state index >= 15 is 0 Å². The van der Waals surface area contributed by atoms with Crippen molar-refractivity contribution < 1.29 is 9.53 Å². The number of carbonyl (C=O) groups is 1. The Morgan fingerprint density at radius 3 is 1.95 bits per heavy atom. The molecule has 3 aliphatic rings. The van der Waals surface area contributed by atoms with Gasteiger partial charge in [-0.3, -0.25) is 4.79 Å². The standard InChI is InChI=1S/C19H16O2/c20-19-17-12-18(21-19)16(17)11-15(13-7-3-1-4-8-13)14-9-5-2-6-10-14/h1-11,16-18H,12H2. The normalized spacial score (nSPS) is 25.9. The smallest absolute Gasteiger partial charge is 0.310 e. The third-order valence-corrected chi connectivity index (χ3v) is 4.48. The first-order valence-corrected chi connectivity index (χ1v) is 7.36. The number of carbonyl (C=O) groups excluding carboxylic acids is 1. The van der Waals surface area contributed by atoms with Crippen molar-refractivity contribution in [2.45, 2.75) is 12.5 Å². The van der Waals surface area contributed by atoms with Gasteiger partial charge >= 0.3 is 5.97 Å². The maximum absolute atomic E-state index is 11.6. The lowest BCUT2D eigenvalue weighted by molar-refractivity contribution is -0.138. The van der Waals surface area contributed by atoms with Crippen LogP contribution in [0.5, 0.6) is 0 Å². The molecular weight excluding hydrogens is 260 g/mol. The first-order valence-electron chi connectivity index (χ1n) is 7.36. The second kappa shape index (κ2) is 4.88. The van der Waals surface area contributed by atoms with E-state index in [2.05, 4.69) is 30.3 Å². The summed E-state index contributed by atoms with van der Waals surface area (Å²) in [6.07, 6.45) is 3.20. The number of hydrogen-bond donors (Lipinski definition) is 0. The minimum atomic E-state index is -0.0262. The van der Waals surface area contributed by atoms with Gasteiger partial charge in [-0.15, -0.1) is 0 Å². The van der Waals surface area contributed by atoms with Crippen molar-refractivity contribution in [1.82, 2.24) is 0 Å². The molecule has 2 heteroatoms. The highest BCUT2D eigenvalue weighted by molar-refractivity contribution is 5.83. The van der Waals surface area contributed by atoms with Crippen LogP contribution in [-0.2, 0) is 9.53 Å². The summed E-state index contributed by atoms with van der Waals surface area (Å²) in [6, 6.07) is 20.7. The lowest BCUT2D eigenvalue weighted by atomic mass is 9.72. The molecule has 2 aromatic carbocycles. The Morgan fingerprint density at radius 1 is 0.952 bits per heavy atom. The lowest BCUT2D eigenvalue weighted by Gasteiger charge is -2.28. The monoisotopic (exact) mass is 276 g/mol. The molecule has 104 valence electrons. The molecule has 0 amide bonds. The van der Waals surface area contributed by atoms with Crippen LogP contribution in [0.2, 0.25) is 0 Å². The van der Waals surface area contributed by atoms with Crippen LogP contribution in [-0.4, -0.2) is 12.1 Å². The van der Waals surface area contributed by atoms with E-state index in [9.17, 15) is 4.79 Å². The van der Waals surface area contributed by atoms with Crippen molar-refractivity contribution >= 4 is 11.5 Å².